The van der Waals surface area contributed by atoms with Crippen LogP contribution < -0.4 is 0 Å². The number of halogens is 1. The smallest absolute Gasteiger partial charge is 0.130 e. The molecule has 0 radical (unpaired) electrons. The first-order chi connectivity index (χ1) is 9.95. The van der Waals surface area contributed by atoms with Crippen LogP contribution in [-0.2, 0) is 4.74 Å². The lowest BCUT2D eigenvalue weighted by Gasteiger charge is -2.11. The van der Waals surface area contributed by atoms with Crippen LogP contribution in [0.2, 0.25) is 0 Å². The maximum absolute atomic E-state index is 14.2. The van der Waals surface area contributed by atoms with E-state index in [1.807, 2.05) is 18.2 Å². The molecule has 0 saturated heterocycles. The molecule has 0 bridgehead atoms. The number of hydrogen-bond donors (Lipinski definition) is 0. The van der Waals surface area contributed by atoms with E-state index in [9.17, 15) is 4.39 Å². The number of methoxy groups -OCH3 is 1. The summed E-state index contributed by atoms with van der Waals surface area (Å²) in [5, 5.41) is 0. The van der Waals surface area contributed by atoms with E-state index in [1.54, 1.807) is 12.2 Å². The van der Waals surface area contributed by atoms with Gasteiger partial charge in [0.1, 0.15) is 11.6 Å². The molecule has 0 aliphatic heterocycles. The maximum atomic E-state index is 14.2. The summed E-state index contributed by atoms with van der Waals surface area (Å²) in [5.74, 6) is 0.110. The molecule has 0 unspecified atom stereocenters. The minimum Gasteiger partial charge on any atom is -0.497 e. The lowest BCUT2D eigenvalue weighted by molar-refractivity contribution is 0.309. The van der Waals surface area contributed by atoms with Crippen molar-refractivity contribution in [1.82, 2.24) is 0 Å². The molecule has 0 aromatic rings. The second-order valence-corrected chi connectivity index (χ2v) is 4.68. The van der Waals surface area contributed by atoms with Gasteiger partial charge in [-0.15, -0.1) is 0 Å². The van der Waals surface area contributed by atoms with Gasteiger partial charge in [-0.05, 0) is 41.7 Å². The van der Waals surface area contributed by atoms with Crippen LogP contribution in [0.25, 0.3) is 0 Å². The van der Waals surface area contributed by atoms with Gasteiger partial charge in [-0.25, -0.2) is 4.39 Å². The Kier molecular flexibility index (Phi) is 6.41. The molecule has 1 aliphatic rings. The lowest BCUT2D eigenvalue weighted by atomic mass is 9.96. The van der Waals surface area contributed by atoms with Crippen LogP contribution in [0, 0.1) is 0 Å². The van der Waals surface area contributed by atoms with Gasteiger partial charge in [0.15, 0.2) is 0 Å². The molecule has 0 aromatic carbocycles. The molecule has 0 amide bonds. The quantitative estimate of drug-likeness (QED) is 0.443. The van der Waals surface area contributed by atoms with Crippen molar-refractivity contribution in [2.45, 2.75) is 12.8 Å². The van der Waals surface area contributed by atoms with Crippen LogP contribution >= 0.6 is 0 Å². The van der Waals surface area contributed by atoms with Crippen molar-refractivity contribution in [2.24, 2.45) is 0 Å². The fourth-order valence-electron chi connectivity index (χ4n) is 1.71. The van der Waals surface area contributed by atoms with E-state index in [4.69, 9.17) is 4.74 Å². The predicted octanol–water partition coefficient (Wildman–Crippen LogP) is 5.50. The number of allylic oxidation sites excluding steroid dienone is 11. The zero-order valence-corrected chi connectivity index (χ0v) is 12.5. The van der Waals surface area contributed by atoms with Gasteiger partial charge in [-0.1, -0.05) is 50.6 Å². The van der Waals surface area contributed by atoms with E-state index in [1.165, 1.54) is 13.2 Å². The Bertz CT molecular complexity index is 583. The van der Waals surface area contributed by atoms with Crippen molar-refractivity contribution in [1.29, 1.82) is 0 Å². The highest BCUT2D eigenvalue weighted by Crippen LogP contribution is 2.27. The Balaban J connectivity index is 2.74. The zero-order valence-electron chi connectivity index (χ0n) is 12.5. The summed E-state index contributed by atoms with van der Waals surface area (Å²) < 4.78 is 19.1. The first kappa shape index (κ1) is 16.7. The van der Waals surface area contributed by atoms with Crippen molar-refractivity contribution >= 4 is 0 Å². The zero-order chi connectivity index (χ0) is 15.8. The topological polar surface area (TPSA) is 9.23 Å². The van der Waals surface area contributed by atoms with E-state index in [0.717, 1.165) is 18.4 Å². The van der Waals surface area contributed by atoms with Gasteiger partial charge in [0, 0.05) is 5.57 Å². The Morgan fingerprint density at radius 3 is 2.48 bits per heavy atom. The Morgan fingerprint density at radius 2 is 1.90 bits per heavy atom. The van der Waals surface area contributed by atoms with Crippen LogP contribution in [0.4, 0.5) is 4.39 Å². The molecule has 2 heteroatoms. The van der Waals surface area contributed by atoms with Crippen molar-refractivity contribution in [3.8, 4) is 0 Å². The summed E-state index contributed by atoms with van der Waals surface area (Å²) in [6, 6.07) is 0. The minimum atomic E-state index is -0.387. The van der Waals surface area contributed by atoms with Crippen molar-refractivity contribution in [3.63, 3.8) is 0 Å². The molecule has 1 rings (SSSR count). The molecular formula is C19H21FO. The second-order valence-electron chi connectivity index (χ2n) is 4.68. The average molecular weight is 284 g/mol. The third-order valence-corrected chi connectivity index (χ3v) is 3.14. The van der Waals surface area contributed by atoms with E-state index < -0.39 is 0 Å². The summed E-state index contributed by atoms with van der Waals surface area (Å²) in [7, 11) is 1.53. The molecule has 1 nitrogen and oxygen atoms in total. The summed E-state index contributed by atoms with van der Waals surface area (Å²) >= 11 is 0. The second kappa shape index (κ2) is 8.05. The number of rotatable bonds is 7. The van der Waals surface area contributed by atoms with Gasteiger partial charge in [-0.3, -0.25) is 0 Å². The Morgan fingerprint density at radius 1 is 1.19 bits per heavy atom. The largest absolute Gasteiger partial charge is 0.497 e. The van der Waals surface area contributed by atoms with E-state index in [0.29, 0.717) is 22.5 Å². The molecule has 0 saturated carbocycles. The molecular weight excluding hydrogens is 263 g/mol. The van der Waals surface area contributed by atoms with E-state index in [2.05, 4.69) is 26.3 Å². The first-order valence-electron chi connectivity index (χ1n) is 6.67. The van der Waals surface area contributed by atoms with Crippen LogP contribution in [0.5, 0.6) is 0 Å². The fourth-order valence-corrected chi connectivity index (χ4v) is 1.71. The SMILES string of the molecule is C=C(/C=C\C(=C)C(=C)/C=C(/F)C(=C)C1=CC=CCC1)OC. The van der Waals surface area contributed by atoms with Crippen LogP contribution in [0.15, 0.2) is 96.7 Å². The molecule has 0 heterocycles. The van der Waals surface area contributed by atoms with Crippen LogP contribution in [0.3, 0.4) is 0 Å². The van der Waals surface area contributed by atoms with Gasteiger partial charge in [-0.2, -0.15) is 0 Å². The molecule has 110 valence electrons. The highest BCUT2D eigenvalue weighted by Gasteiger charge is 2.09. The van der Waals surface area contributed by atoms with Crippen LogP contribution in [-0.4, -0.2) is 7.11 Å². The lowest BCUT2D eigenvalue weighted by Crippen LogP contribution is -1.93. The Hall–Kier alpha value is -2.35. The van der Waals surface area contributed by atoms with Gasteiger partial charge >= 0.3 is 0 Å². The third-order valence-electron chi connectivity index (χ3n) is 3.14. The van der Waals surface area contributed by atoms with Crippen molar-refractivity contribution in [3.05, 3.63) is 96.7 Å². The predicted molar refractivity (Wildman–Crippen MR) is 88.4 cm³/mol. The molecule has 0 atom stereocenters. The first-order valence-corrected chi connectivity index (χ1v) is 6.67. The fraction of sp³-hybridized carbons (Fsp3) is 0.158. The molecule has 0 N–H and O–H groups in total. The third kappa shape index (κ3) is 5.27. The number of ether oxygens (including phenoxy) is 1. The van der Waals surface area contributed by atoms with E-state index >= 15 is 0 Å². The normalized spacial score (nSPS) is 14.8. The maximum Gasteiger partial charge on any atom is 0.130 e. The molecule has 0 aromatic heterocycles. The Labute approximate surface area is 126 Å². The van der Waals surface area contributed by atoms with Crippen LogP contribution in [0.1, 0.15) is 12.8 Å². The molecule has 0 spiro atoms. The standard InChI is InChI=1S/C19H21FO/c1-14(11-12-16(3)21-5)15(2)13-19(20)17(4)18-9-7-6-8-10-18/h6-7,9,11-13H,1-4,8,10H2,5H3/b12-11-,19-13+. The van der Waals surface area contributed by atoms with Crippen molar-refractivity contribution in [2.75, 3.05) is 7.11 Å². The monoisotopic (exact) mass is 284 g/mol. The highest BCUT2D eigenvalue weighted by atomic mass is 19.1. The molecule has 21 heavy (non-hydrogen) atoms. The summed E-state index contributed by atoms with van der Waals surface area (Å²) in [4.78, 5) is 0. The van der Waals surface area contributed by atoms with Gasteiger partial charge in [0.05, 0.1) is 7.11 Å². The summed E-state index contributed by atoms with van der Waals surface area (Å²) in [6.07, 6.45) is 12.3. The minimum absolute atomic E-state index is 0.387. The van der Waals surface area contributed by atoms with Gasteiger partial charge in [0.25, 0.3) is 0 Å². The molecule has 1 aliphatic carbocycles. The van der Waals surface area contributed by atoms with Gasteiger partial charge < -0.3 is 4.74 Å². The average Bonchev–Trinajstić information content (AvgIpc) is 2.51. The summed E-state index contributed by atoms with van der Waals surface area (Å²) in [6.45, 7) is 15.1. The summed E-state index contributed by atoms with van der Waals surface area (Å²) in [5.41, 5.74) is 2.39. The number of hydrogen-bond acceptors (Lipinski definition) is 1. The molecule has 0 fully saturated rings. The van der Waals surface area contributed by atoms with Crippen molar-refractivity contribution < 1.29 is 9.13 Å². The van der Waals surface area contributed by atoms with E-state index in [-0.39, 0.29) is 5.83 Å². The highest BCUT2D eigenvalue weighted by molar-refractivity contribution is 5.51. The van der Waals surface area contributed by atoms with Gasteiger partial charge in [0.2, 0.25) is 0 Å².